The third-order valence-corrected chi connectivity index (χ3v) is 4.28. The molecule has 0 aliphatic heterocycles. The Morgan fingerprint density at radius 1 is 1.11 bits per heavy atom. The van der Waals surface area contributed by atoms with Crippen molar-refractivity contribution in [3.63, 3.8) is 0 Å². The summed E-state index contributed by atoms with van der Waals surface area (Å²) < 4.78 is 7.43. The predicted octanol–water partition coefficient (Wildman–Crippen LogP) is 3.44. The summed E-state index contributed by atoms with van der Waals surface area (Å²) in [5, 5.41) is 7.46. The number of aryl methyl sites for hydroxylation is 2. The summed E-state index contributed by atoms with van der Waals surface area (Å²) >= 11 is 0. The summed E-state index contributed by atoms with van der Waals surface area (Å²) in [6, 6.07) is 19.6. The first-order valence-corrected chi connectivity index (χ1v) is 9.31. The summed E-state index contributed by atoms with van der Waals surface area (Å²) in [4.78, 5) is 14.4. The molecule has 0 aliphatic rings. The van der Waals surface area contributed by atoms with Crippen molar-refractivity contribution in [2.45, 2.75) is 13.8 Å². The van der Waals surface area contributed by atoms with Gasteiger partial charge in [-0.25, -0.2) is 4.68 Å². The van der Waals surface area contributed by atoms with Crippen molar-refractivity contribution >= 4 is 11.7 Å². The number of anilines is 1. The van der Waals surface area contributed by atoms with Gasteiger partial charge >= 0.3 is 0 Å². The number of likely N-dealkylation sites (N-methyl/N-ethyl adjacent to an activating group) is 1. The van der Waals surface area contributed by atoms with Crippen molar-refractivity contribution < 1.29 is 9.53 Å². The number of nitrogens with zero attached hydrogens (tertiary/aromatic N) is 3. The van der Waals surface area contributed by atoms with Crippen LogP contribution < -0.4 is 10.1 Å². The van der Waals surface area contributed by atoms with Gasteiger partial charge < -0.3 is 10.1 Å². The van der Waals surface area contributed by atoms with Gasteiger partial charge in [0, 0.05) is 12.6 Å². The summed E-state index contributed by atoms with van der Waals surface area (Å²) in [5.41, 5.74) is 2.94. The maximum Gasteiger partial charge on any atom is 0.239 e. The van der Waals surface area contributed by atoms with Crippen LogP contribution in [0.4, 0.5) is 5.82 Å². The average Bonchev–Trinajstić information content (AvgIpc) is 3.03. The number of rotatable bonds is 8. The van der Waals surface area contributed by atoms with Crippen molar-refractivity contribution in [1.29, 1.82) is 0 Å². The molecule has 0 saturated heterocycles. The first-order valence-electron chi connectivity index (χ1n) is 9.31. The number of para-hydroxylation sites is 1. The number of amides is 1. The highest BCUT2D eigenvalue weighted by molar-refractivity contribution is 5.91. The minimum atomic E-state index is -0.0875. The van der Waals surface area contributed by atoms with E-state index in [-0.39, 0.29) is 12.5 Å². The van der Waals surface area contributed by atoms with Gasteiger partial charge in [0.15, 0.2) is 0 Å². The van der Waals surface area contributed by atoms with Crippen LogP contribution in [0.3, 0.4) is 0 Å². The molecular formula is C22H26N4O2. The molecule has 0 aliphatic carbocycles. The number of nitrogens with one attached hydrogen (secondary N) is 1. The van der Waals surface area contributed by atoms with E-state index in [0.717, 1.165) is 17.1 Å². The van der Waals surface area contributed by atoms with E-state index >= 15 is 0 Å². The number of carbonyl (C=O) groups excluding carboxylic acids is 1. The second-order valence-electron chi connectivity index (χ2n) is 6.87. The van der Waals surface area contributed by atoms with Crippen LogP contribution in [-0.2, 0) is 4.79 Å². The zero-order chi connectivity index (χ0) is 19.9. The first kappa shape index (κ1) is 19.6. The Morgan fingerprint density at radius 2 is 1.82 bits per heavy atom. The second kappa shape index (κ2) is 9.19. The molecule has 28 heavy (non-hydrogen) atoms. The lowest BCUT2D eigenvalue weighted by molar-refractivity contribution is -0.117. The predicted molar refractivity (Wildman–Crippen MR) is 111 cm³/mol. The smallest absolute Gasteiger partial charge is 0.239 e. The average molecular weight is 378 g/mol. The third-order valence-electron chi connectivity index (χ3n) is 4.28. The van der Waals surface area contributed by atoms with Gasteiger partial charge in [0.05, 0.1) is 17.9 Å². The number of carbonyl (C=O) groups is 1. The Labute approximate surface area is 165 Å². The zero-order valence-corrected chi connectivity index (χ0v) is 16.6. The Morgan fingerprint density at radius 3 is 2.54 bits per heavy atom. The molecule has 3 aromatic rings. The molecule has 1 N–H and O–H groups in total. The fourth-order valence-electron chi connectivity index (χ4n) is 2.81. The van der Waals surface area contributed by atoms with Crippen molar-refractivity contribution in [2.75, 3.05) is 32.1 Å². The van der Waals surface area contributed by atoms with Gasteiger partial charge in [-0.15, -0.1) is 0 Å². The molecule has 0 fully saturated rings. The molecule has 0 bridgehead atoms. The first-order chi connectivity index (χ1) is 13.5. The molecule has 0 radical (unpaired) electrons. The van der Waals surface area contributed by atoms with Crippen LogP contribution in [0.15, 0.2) is 60.7 Å². The molecule has 0 atom stereocenters. The number of ether oxygens (including phenoxy) is 1. The SMILES string of the molecule is Cc1ccc(-n2nc(C)cc2NC(=O)CN(C)CCOc2ccccc2)cc1. The van der Waals surface area contributed by atoms with E-state index in [4.69, 9.17) is 4.74 Å². The molecule has 146 valence electrons. The molecule has 6 heteroatoms. The highest BCUT2D eigenvalue weighted by Gasteiger charge is 2.12. The summed E-state index contributed by atoms with van der Waals surface area (Å²) in [5.74, 6) is 1.41. The third kappa shape index (κ3) is 5.44. The maximum absolute atomic E-state index is 12.5. The Kier molecular flexibility index (Phi) is 6.45. The Hall–Kier alpha value is -3.12. The van der Waals surface area contributed by atoms with E-state index in [1.54, 1.807) is 4.68 Å². The summed E-state index contributed by atoms with van der Waals surface area (Å²) in [6.45, 7) is 5.40. The van der Waals surface area contributed by atoms with Crippen molar-refractivity contribution in [3.8, 4) is 11.4 Å². The van der Waals surface area contributed by atoms with Crippen molar-refractivity contribution in [2.24, 2.45) is 0 Å². The lowest BCUT2D eigenvalue weighted by atomic mass is 10.2. The summed E-state index contributed by atoms with van der Waals surface area (Å²) in [7, 11) is 1.90. The van der Waals surface area contributed by atoms with Crippen LogP contribution in [0.25, 0.3) is 5.69 Å². The van der Waals surface area contributed by atoms with E-state index in [0.29, 0.717) is 19.0 Å². The largest absolute Gasteiger partial charge is 0.492 e. The summed E-state index contributed by atoms with van der Waals surface area (Å²) in [6.07, 6.45) is 0. The normalized spacial score (nSPS) is 10.9. The van der Waals surface area contributed by atoms with Gasteiger partial charge in [-0.2, -0.15) is 5.10 Å². The standard InChI is InChI=1S/C22H26N4O2/c1-17-9-11-19(12-10-17)26-21(15-18(2)24-26)23-22(27)16-25(3)13-14-28-20-7-5-4-6-8-20/h4-12,15H,13-14,16H2,1-3H3,(H,23,27). The van der Waals surface area contributed by atoms with Gasteiger partial charge in [-0.3, -0.25) is 9.69 Å². The molecule has 0 saturated carbocycles. The van der Waals surface area contributed by atoms with Gasteiger partial charge in [-0.05, 0) is 45.2 Å². The monoisotopic (exact) mass is 378 g/mol. The van der Waals surface area contributed by atoms with Crippen LogP contribution in [0.1, 0.15) is 11.3 Å². The molecule has 1 heterocycles. The van der Waals surface area contributed by atoms with Crippen LogP contribution in [0.2, 0.25) is 0 Å². The molecular weight excluding hydrogens is 352 g/mol. The van der Waals surface area contributed by atoms with Crippen LogP contribution in [-0.4, -0.2) is 47.3 Å². The minimum absolute atomic E-state index is 0.0875. The molecule has 0 spiro atoms. The number of hydrogen-bond donors (Lipinski definition) is 1. The van der Waals surface area contributed by atoms with E-state index in [1.165, 1.54) is 5.56 Å². The van der Waals surface area contributed by atoms with Crippen molar-refractivity contribution in [1.82, 2.24) is 14.7 Å². The molecule has 3 rings (SSSR count). The molecule has 0 unspecified atom stereocenters. The Bertz CT molecular complexity index is 904. The van der Waals surface area contributed by atoms with Gasteiger partial charge in [0.2, 0.25) is 5.91 Å². The lowest BCUT2D eigenvalue weighted by Gasteiger charge is -2.17. The molecule has 1 amide bonds. The quantitative estimate of drug-likeness (QED) is 0.652. The van der Waals surface area contributed by atoms with Crippen LogP contribution >= 0.6 is 0 Å². The van der Waals surface area contributed by atoms with Crippen molar-refractivity contribution in [3.05, 3.63) is 71.9 Å². The molecule has 6 nitrogen and oxygen atoms in total. The topological polar surface area (TPSA) is 59.4 Å². The van der Waals surface area contributed by atoms with Crippen LogP contribution in [0.5, 0.6) is 5.75 Å². The van der Waals surface area contributed by atoms with E-state index in [2.05, 4.69) is 10.4 Å². The highest BCUT2D eigenvalue weighted by Crippen LogP contribution is 2.17. The fourth-order valence-corrected chi connectivity index (χ4v) is 2.81. The lowest BCUT2D eigenvalue weighted by Crippen LogP contribution is -2.33. The maximum atomic E-state index is 12.5. The number of aromatic nitrogens is 2. The fraction of sp³-hybridized carbons (Fsp3) is 0.273. The highest BCUT2D eigenvalue weighted by atomic mass is 16.5. The number of benzene rings is 2. The van der Waals surface area contributed by atoms with Gasteiger partial charge in [0.25, 0.3) is 0 Å². The number of hydrogen-bond acceptors (Lipinski definition) is 4. The second-order valence-corrected chi connectivity index (χ2v) is 6.87. The van der Waals surface area contributed by atoms with Gasteiger partial charge in [0.1, 0.15) is 18.2 Å². The van der Waals surface area contributed by atoms with E-state index in [9.17, 15) is 4.79 Å². The van der Waals surface area contributed by atoms with Crippen LogP contribution in [0, 0.1) is 13.8 Å². The molecule has 1 aromatic heterocycles. The zero-order valence-electron chi connectivity index (χ0n) is 16.6. The van der Waals surface area contributed by atoms with E-state index in [1.807, 2.05) is 86.5 Å². The minimum Gasteiger partial charge on any atom is -0.492 e. The van der Waals surface area contributed by atoms with E-state index < -0.39 is 0 Å². The Balaban J connectivity index is 1.54. The van der Waals surface area contributed by atoms with Gasteiger partial charge in [-0.1, -0.05) is 35.9 Å². The molecule has 2 aromatic carbocycles.